The van der Waals surface area contributed by atoms with Crippen LogP contribution in [0.2, 0.25) is 0 Å². The maximum atomic E-state index is 7.37. The molecule has 0 saturated carbocycles. The molecule has 1 aromatic rings. The fourth-order valence-electron chi connectivity index (χ4n) is 0.742. The number of benzene rings is 1. The van der Waals surface area contributed by atoms with E-state index >= 15 is 0 Å². The van der Waals surface area contributed by atoms with Crippen LogP contribution in [0.25, 0.3) is 0 Å². The lowest BCUT2D eigenvalue weighted by Crippen LogP contribution is -2.08. The summed E-state index contributed by atoms with van der Waals surface area (Å²) in [6.45, 7) is -4.70. The molecule has 0 spiro atoms. The third-order valence-electron chi connectivity index (χ3n) is 1.30. The van der Waals surface area contributed by atoms with E-state index in [0.717, 1.165) is 0 Å². The molecule has 1 atom stereocenters. The maximum Gasteiger partial charge on any atom is 0.0432 e. The van der Waals surface area contributed by atoms with Crippen LogP contribution < -0.4 is 5.73 Å². The zero-order valence-electron chi connectivity index (χ0n) is 10.5. The zero-order chi connectivity index (χ0) is 11.7. The fraction of sp³-hybridized carbons (Fsp3) is 0.333. The lowest BCUT2D eigenvalue weighted by Gasteiger charge is -2.06. The van der Waals surface area contributed by atoms with Crippen LogP contribution in [-0.2, 0) is 0 Å². The molecule has 0 aliphatic heterocycles. The molecule has 10 heavy (non-hydrogen) atoms. The van der Waals surface area contributed by atoms with Crippen molar-refractivity contribution in [3.8, 4) is 0 Å². The Kier molecular flexibility index (Phi) is 1.03. The molecule has 54 valence electrons. The van der Waals surface area contributed by atoms with Crippen LogP contribution >= 0.6 is 0 Å². The van der Waals surface area contributed by atoms with Crippen LogP contribution in [0, 0.1) is 0 Å². The summed E-state index contributed by atoms with van der Waals surface area (Å²) in [6, 6.07) is 8.22. The summed E-state index contributed by atoms with van der Waals surface area (Å²) in [5.74, 6) is -1.30. The first-order valence-electron chi connectivity index (χ1n) is 5.57. The van der Waals surface area contributed by atoms with Crippen molar-refractivity contribution in [3.63, 3.8) is 0 Å². The van der Waals surface area contributed by atoms with Crippen molar-refractivity contribution in [1.29, 1.82) is 0 Å². The molecular weight excluding hydrogens is 122 g/mol. The van der Waals surface area contributed by atoms with Crippen LogP contribution in [0.5, 0.6) is 0 Å². The van der Waals surface area contributed by atoms with Gasteiger partial charge in [0.2, 0.25) is 0 Å². The molecular formula is C9H13N. The molecule has 0 amide bonds. The lowest BCUT2D eigenvalue weighted by atomic mass is 10.0. The van der Waals surface area contributed by atoms with Gasteiger partial charge in [0.25, 0.3) is 0 Å². The van der Waals surface area contributed by atoms with Crippen molar-refractivity contribution in [2.24, 2.45) is 5.73 Å². The topological polar surface area (TPSA) is 26.0 Å². The van der Waals surface area contributed by atoms with Crippen molar-refractivity contribution in [1.82, 2.24) is 0 Å². The van der Waals surface area contributed by atoms with Crippen LogP contribution in [0.15, 0.2) is 30.3 Å². The van der Waals surface area contributed by atoms with E-state index in [1.165, 1.54) is 0 Å². The Labute approximate surface area is 68.9 Å². The van der Waals surface area contributed by atoms with Gasteiger partial charge in [-0.05, 0) is 18.0 Å². The molecule has 1 rings (SSSR count). The molecule has 1 heteroatoms. The Morgan fingerprint density at radius 3 is 2.80 bits per heavy atom. The second-order valence-corrected chi connectivity index (χ2v) is 2.01. The van der Waals surface area contributed by atoms with Crippen molar-refractivity contribution in [3.05, 3.63) is 35.9 Å². The smallest absolute Gasteiger partial charge is 0.0432 e. The highest BCUT2D eigenvalue weighted by Crippen LogP contribution is 2.11. The minimum absolute atomic E-state index is 0.394. The lowest BCUT2D eigenvalue weighted by molar-refractivity contribution is 0.774. The number of hydrogen-bond acceptors (Lipinski definition) is 1. The summed E-state index contributed by atoms with van der Waals surface area (Å²) in [4.78, 5) is 0. The Balaban J connectivity index is 3.15. The highest BCUT2D eigenvalue weighted by atomic mass is 14.5. The van der Waals surface area contributed by atoms with Gasteiger partial charge in [-0.1, -0.05) is 37.2 Å². The monoisotopic (exact) mass is 140 g/mol. The van der Waals surface area contributed by atoms with Gasteiger partial charge >= 0.3 is 0 Å². The number of hydrogen-bond donors (Lipinski definition) is 1. The van der Waals surface area contributed by atoms with Gasteiger partial charge in [-0.2, -0.15) is 0 Å². The molecule has 0 saturated heterocycles. The van der Waals surface area contributed by atoms with Crippen LogP contribution in [0.4, 0.5) is 0 Å². The fourth-order valence-corrected chi connectivity index (χ4v) is 0.742. The van der Waals surface area contributed by atoms with E-state index in [4.69, 9.17) is 12.6 Å². The maximum absolute atomic E-state index is 7.37. The third-order valence-corrected chi connectivity index (χ3v) is 1.30. The van der Waals surface area contributed by atoms with Gasteiger partial charge < -0.3 is 5.73 Å². The third kappa shape index (κ3) is 1.58. The molecule has 1 aromatic carbocycles. The van der Waals surface area contributed by atoms with E-state index in [1.807, 2.05) is 0 Å². The quantitative estimate of drug-likeness (QED) is 0.665. The van der Waals surface area contributed by atoms with Gasteiger partial charge in [0.1, 0.15) is 0 Å². The van der Waals surface area contributed by atoms with Crippen molar-refractivity contribution in [2.75, 3.05) is 6.50 Å². The normalized spacial score (nSPS) is 23.1. The van der Waals surface area contributed by atoms with E-state index in [9.17, 15) is 0 Å². The Morgan fingerprint density at radius 1 is 1.60 bits per heavy atom. The summed E-state index contributed by atoms with van der Waals surface area (Å²) < 4.78 is 36.6. The van der Waals surface area contributed by atoms with Gasteiger partial charge in [-0.3, -0.25) is 0 Å². The number of nitrogens with two attached hydrogens (primary N) is 1. The largest absolute Gasteiger partial charge is 0.330 e. The van der Waals surface area contributed by atoms with Gasteiger partial charge in [0.15, 0.2) is 0 Å². The first-order valence-corrected chi connectivity index (χ1v) is 3.07. The second-order valence-electron chi connectivity index (χ2n) is 2.01. The molecule has 0 aromatic heterocycles. The first-order chi connectivity index (χ1) is 6.73. The molecule has 0 heterocycles. The van der Waals surface area contributed by atoms with Gasteiger partial charge in [0.05, 0.1) is 0 Å². The molecule has 0 aliphatic carbocycles. The molecule has 1 unspecified atom stereocenters. The predicted molar refractivity (Wildman–Crippen MR) is 43.9 cm³/mol. The summed E-state index contributed by atoms with van der Waals surface area (Å²) >= 11 is 0. The first kappa shape index (κ1) is 3.05. The second kappa shape index (κ2) is 3.37. The Hall–Kier alpha value is -0.820. The molecule has 0 radical (unpaired) electrons. The van der Waals surface area contributed by atoms with Crippen LogP contribution in [0.1, 0.15) is 25.2 Å². The van der Waals surface area contributed by atoms with Gasteiger partial charge in [-0.25, -0.2) is 0 Å². The minimum Gasteiger partial charge on any atom is -0.330 e. The highest BCUT2D eigenvalue weighted by Gasteiger charge is 1.99. The average molecular weight is 140 g/mol. The van der Waals surface area contributed by atoms with Gasteiger partial charge in [-0.15, -0.1) is 0 Å². The zero-order valence-corrected chi connectivity index (χ0v) is 5.54. The van der Waals surface area contributed by atoms with Crippen LogP contribution in [0.3, 0.4) is 0 Å². The highest BCUT2D eigenvalue weighted by molar-refractivity contribution is 5.18. The summed E-state index contributed by atoms with van der Waals surface area (Å²) in [5.41, 5.74) is 5.66. The predicted octanol–water partition coefficient (Wildman–Crippen LogP) is 1.75. The summed E-state index contributed by atoms with van der Waals surface area (Å²) in [5, 5.41) is 0. The molecule has 0 fully saturated rings. The van der Waals surface area contributed by atoms with E-state index in [2.05, 4.69) is 0 Å². The Bertz CT molecular complexity index is 300. The van der Waals surface area contributed by atoms with E-state index in [0.29, 0.717) is 5.56 Å². The molecule has 0 bridgehead atoms. The van der Waals surface area contributed by atoms with E-state index < -0.39 is 19.3 Å². The Morgan fingerprint density at radius 2 is 2.30 bits per heavy atom. The summed E-state index contributed by atoms with van der Waals surface area (Å²) in [6.07, 6.45) is 0. The average Bonchev–Trinajstić information content (AvgIpc) is 2.00. The molecule has 1 nitrogen and oxygen atoms in total. The summed E-state index contributed by atoms with van der Waals surface area (Å²) in [7, 11) is 0. The SMILES string of the molecule is [2H]C([2H])([2H])C(c1ccccc1)C([2H])([2H])N. The van der Waals surface area contributed by atoms with Crippen LogP contribution in [-0.4, -0.2) is 6.50 Å². The van der Waals surface area contributed by atoms with E-state index in [1.54, 1.807) is 30.3 Å². The molecule has 0 aliphatic rings. The minimum atomic E-state index is -2.44. The number of rotatable bonds is 2. The van der Waals surface area contributed by atoms with E-state index in [-0.39, 0.29) is 0 Å². The molecule has 2 N–H and O–H groups in total. The van der Waals surface area contributed by atoms with Gasteiger partial charge in [0, 0.05) is 6.85 Å². The van der Waals surface area contributed by atoms with Crippen molar-refractivity contribution >= 4 is 0 Å². The standard InChI is InChI=1S/C9H13N/c1-8(7-10)9-5-3-2-4-6-9/h2-6,8H,7,10H2,1H3/i1D3,7D2. The van der Waals surface area contributed by atoms with Crippen molar-refractivity contribution in [2.45, 2.75) is 12.8 Å². The van der Waals surface area contributed by atoms with Crippen molar-refractivity contribution < 1.29 is 6.85 Å².